The van der Waals surface area contributed by atoms with Gasteiger partial charge in [0.05, 0.1) is 19.3 Å². The highest BCUT2D eigenvalue weighted by atomic mass is 32.1. The Bertz CT molecular complexity index is 874. The van der Waals surface area contributed by atoms with Crippen LogP contribution in [-0.2, 0) is 11.3 Å². The lowest BCUT2D eigenvalue weighted by Crippen LogP contribution is -2.49. The van der Waals surface area contributed by atoms with Crippen LogP contribution in [-0.4, -0.2) is 85.5 Å². The molecule has 9 heteroatoms. The van der Waals surface area contributed by atoms with E-state index in [2.05, 4.69) is 9.88 Å². The van der Waals surface area contributed by atoms with Gasteiger partial charge in [-0.1, -0.05) is 0 Å². The highest BCUT2D eigenvalue weighted by Gasteiger charge is 2.23. The third kappa shape index (κ3) is 5.48. The van der Waals surface area contributed by atoms with Gasteiger partial charge in [0.15, 0.2) is 6.61 Å². The van der Waals surface area contributed by atoms with Crippen molar-refractivity contribution in [1.82, 2.24) is 19.7 Å². The van der Waals surface area contributed by atoms with Gasteiger partial charge in [-0.2, -0.15) is 0 Å². The van der Waals surface area contributed by atoms with Crippen molar-refractivity contribution in [2.75, 3.05) is 54.0 Å². The minimum Gasteiger partial charge on any atom is -0.497 e. The molecule has 1 fully saturated rings. The largest absolute Gasteiger partial charge is 0.497 e. The normalized spacial score (nSPS) is 14.5. The molecule has 8 nitrogen and oxygen atoms in total. The Kier molecular flexibility index (Phi) is 7.28. The Balaban J connectivity index is 1.45. The zero-order chi connectivity index (χ0) is 21.7. The van der Waals surface area contributed by atoms with E-state index in [0.29, 0.717) is 30.3 Å². The van der Waals surface area contributed by atoms with Crippen LogP contribution in [0.3, 0.4) is 0 Å². The molecule has 162 valence electrons. The van der Waals surface area contributed by atoms with Gasteiger partial charge < -0.3 is 19.3 Å². The number of nitrogens with zero attached hydrogens (tertiary/aromatic N) is 4. The lowest BCUT2D eigenvalue weighted by Gasteiger charge is -2.34. The first-order chi connectivity index (χ1) is 14.4. The number of piperazine rings is 1. The Morgan fingerprint density at radius 1 is 1.10 bits per heavy atom. The first kappa shape index (κ1) is 22.0. The summed E-state index contributed by atoms with van der Waals surface area (Å²) >= 11 is 1.45. The fourth-order valence-corrected chi connectivity index (χ4v) is 4.30. The number of ether oxygens (including phenoxy) is 2. The summed E-state index contributed by atoms with van der Waals surface area (Å²) in [5.74, 6) is 1.36. The van der Waals surface area contributed by atoms with Crippen molar-refractivity contribution < 1.29 is 19.1 Å². The van der Waals surface area contributed by atoms with E-state index in [1.807, 2.05) is 11.8 Å². The molecule has 0 unspecified atom stereocenters. The Morgan fingerprint density at radius 3 is 2.33 bits per heavy atom. The van der Waals surface area contributed by atoms with Gasteiger partial charge in [-0.05, 0) is 31.2 Å². The van der Waals surface area contributed by atoms with Crippen LogP contribution in [0.25, 0.3) is 0 Å². The van der Waals surface area contributed by atoms with Crippen molar-refractivity contribution in [3.8, 4) is 11.5 Å². The van der Waals surface area contributed by atoms with Gasteiger partial charge in [0.2, 0.25) is 0 Å². The summed E-state index contributed by atoms with van der Waals surface area (Å²) in [7, 11) is 5.10. The van der Waals surface area contributed by atoms with Crippen LogP contribution in [0.5, 0.6) is 11.5 Å². The summed E-state index contributed by atoms with van der Waals surface area (Å²) in [6, 6.07) is 7.18. The number of hydrogen-bond donors (Lipinski definition) is 0. The predicted octanol–water partition coefficient (Wildman–Crippen LogP) is 1.89. The summed E-state index contributed by atoms with van der Waals surface area (Å²) in [6.45, 7) is 5.42. The number of thiazole rings is 1. The molecule has 0 atom stereocenters. The highest BCUT2D eigenvalue weighted by molar-refractivity contribution is 7.13. The molecule has 3 rings (SSSR count). The van der Waals surface area contributed by atoms with Crippen LogP contribution in [0.15, 0.2) is 24.3 Å². The molecule has 1 aliphatic rings. The number of rotatable bonds is 7. The summed E-state index contributed by atoms with van der Waals surface area (Å²) in [6.07, 6.45) is 0. The van der Waals surface area contributed by atoms with Crippen LogP contribution in [0.2, 0.25) is 0 Å². The van der Waals surface area contributed by atoms with Crippen LogP contribution in [0.4, 0.5) is 0 Å². The summed E-state index contributed by atoms with van der Waals surface area (Å²) in [5.41, 5.74) is 0.776. The van der Waals surface area contributed by atoms with Gasteiger partial charge in [-0.3, -0.25) is 14.5 Å². The molecule has 0 saturated carbocycles. The number of amides is 2. The van der Waals surface area contributed by atoms with Crippen molar-refractivity contribution in [2.45, 2.75) is 13.5 Å². The maximum Gasteiger partial charge on any atom is 0.265 e. The molecule has 0 N–H and O–H groups in total. The maximum atomic E-state index is 12.5. The molecule has 30 heavy (non-hydrogen) atoms. The minimum atomic E-state index is -0.0190. The number of carbonyl (C=O) groups excluding carboxylic acids is 2. The van der Waals surface area contributed by atoms with E-state index in [1.165, 1.54) is 11.3 Å². The minimum absolute atomic E-state index is 0.0106. The first-order valence-corrected chi connectivity index (χ1v) is 10.6. The Labute approximate surface area is 181 Å². The van der Waals surface area contributed by atoms with Crippen molar-refractivity contribution in [1.29, 1.82) is 0 Å². The number of hydrogen-bond acceptors (Lipinski definition) is 7. The van der Waals surface area contributed by atoms with Gasteiger partial charge in [0.25, 0.3) is 11.8 Å². The molecule has 1 aromatic carbocycles. The second kappa shape index (κ2) is 9.90. The molecule has 0 radical (unpaired) electrons. The van der Waals surface area contributed by atoms with E-state index in [-0.39, 0.29) is 18.4 Å². The van der Waals surface area contributed by atoms with Crippen molar-refractivity contribution in [3.63, 3.8) is 0 Å². The molecular weight excluding hydrogens is 404 g/mol. The van der Waals surface area contributed by atoms with Crippen LogP contribution < -0.4 is 9.47 Å². The smallest absolute Gasteiger partial charge is 0.265 e. The lowest BCUT2D eigenvalue weighted by atomic mass is 10.3. The lowest BCUT2D eigenvalue weighted by molar-refractivity contribution is -0.135. The molecule has 0 spiro atoms. The van der Waals surface area contributed by atoms with E-state index in [4.69, 9.17) is 9.47 Å². The number of aryl methyl sites for hydroxylation is 1. The fraction of sp³-hybridized carbons (Fsp3) is 0.476. The summed E-state index contributed by atoms with van der Waals surface area (Å²) < 4.78 is 10.7. The van der Waals surface area contributed by atoms with Crippen LogP contribution >= 0.6 is 11.3 Å². The number of carbonyl (C=O) groups is 2. The number of methoxy groups -OCH3 is 1. The topological polar surface area (TPSA) is 75.2 Å². The molecule has 1 aliphatic heterocycles. The Morgan fingerprint density at radius 2 is 1.73 bits per heavy atom. The van der Waals surface area contributed by atoms with Gasteiger partial charge in [-0.25, -0.2) is 4.98 Å². The van der Waals surface area contributed by atoms with Crippen LogP contribution in [0.1, 0.15) is 20.4 Å². The first-order valence-electron chi connectivity index (χ1n) is 9.82. The molecule has 1 aromatic heterocycles. The standard InChI is InChI=1S/C21H28N4O4S/c1-15-20(21(27)23(2)3)30-18(22-15)13-24-9-11-25(12-10-24)19(26)14-29-17-7-5-16(28-4)6-8-17/h5-8H,9-14H2,1-4H3. The fourth-order valence-electron chi connectivity index (χ4n) is 3.18. The van der Waals surface area contributed by atoms with E-state index in [1.54, 1.807) is 50.4 Å². The molecular formula is C21H28N4O4S. The van der Waals surface area contributed by atoms with E-state index in [0.717, 1.165) is 29.5 Å². The second-order valence-electron chi connectivity index (χ2n) is 7.34. The highest BCUT2D eigenvalue weighted by Crippen LogP contribution is 2.21. The van der Waals surface area contributed by atoms with E-state index in [9.17, 15) is 9.59 Å². The van der Waals surface area contributed by atoms with Gasteiger partial charge in [0.1, 0.15) is 21.4 Å². The third-order valence-corrected chi connectivity index (χ3v) is 6.08. The van der Waals surface area contributed by atoms with Gasteiger partial charge >= 0.3 is 0 Å². The number of aromatic nitrogens is 1. The zero-order valence-electron chi connectivity index (χ0n) is 17.9. The number of benzene rings is 1. The van der Waals surface area contributed by atoms with Crippen LogP contribution in [0, 0.1) is 6.92 Å². The molecule has 2 amide bonds. The van der Waals surface area contributed by atoms with Crippen molar-refractivity contribution in [2.24, 2.45) is 0 Å². The van der Waals surface area contributed by atoms with E-state index < -0.39 is 0 Å². The predicted molar refractivity (Wildman–Crippen MR) is 115 cm³/mol. The van der Waals surface area contributed by atoms with Gasteiger partial charge in [0, 0.05) is 40.3 Å². The third-order valence-electron chi connectivity index (χ3n) is 4.95. The monoisotopic (exact) mass is 432 g/mol. The maximum absolute atomic E-state index is 12.5. The molecule has 0 bridgehead atoms. The molecule has 0 aliphatic carbocycles. The second-order valence-corrected chi connectivity index (χ2v) is 8.43. The zero-order valence-corrected chi connectivity index (χ0v) is 18.7. The molecule has 1 saturated heterocycles. The quantitative estimate of drug-likeness (QED) is 0.665. The summed E-state index contributed by atoms with van der Waals surface area (Å²) in [5, 5.41) is 0.931. The van der Waals surface area contributed by atoms with E-state index >= 15 is 0 Å². The summed E-state index contributed by atoms with van der Waals surface area (Å²) in [4.78, 5) is 35.6. The SMILES string of the molecule is COc1ccc(OCC(=O)N2CCN(Cc3nc(C)c(C(=O)N(C)C)s3)CC2)cc1. The average Bonchev–Trinajstić information content (AvgIpc) is 3.12. The molecule has 2 heterocycles. The average molecular weight is 433 g/mol. The Hall–Kier alpha value is -2.65. The van der Waals surface area contributed by atoms with Crippen molar-refractivity contribution in [3.05, 3.63) is 39.8 Å². The van der Waals surface area contributed by atoms with Gasteiger partial charge in [-0.15, -0.1) is 11.3 Å². The van der Waals surface area contributed by atoms with Crippen molar-refractivity contribution >= 4 is 23.2 Å². The molecule has 2 aromatic rings.